The van der Waals surface area contributed by atoms with Gasteiger partial charge in [0.25, 0.3) is 5.85 Å². The highest BCUT2D eigenvalue weighted by Crippen LogP contribution is 2.67. The average Bonchev–Trinajstić information content (AvgIpc) is 3.10. The number of ether oxygens (including phenoxy) is 1. The molecule has 1 nitrogen and oxygen atoms in total. The summed E-state index contributed by atoms with van der Waals surface area (Å²) in [5.41, 5.74) is -2.24. The molecule has 23 heavy (non-hydrogen) atoms. The van der Waals surface area contributed by atoms with E-state index in [1.807, 2.05) is 0 Å². The van der Waals surface area contributed by atoms with Crippen LogP contribution in [0, 0.1) is 23.3 Å². The Bertz CT molecular complexity index is 873. The Labute approximate surface area is 135 Å². The van der Waals surface area contributed by atoms with Gasteiger partial charge in [-0.2, -0.15) is 0 Å². The minimum atomic E-state index is -2.60. The van der Waals surface area contributed by atoms with Gasteiger partial charge in [0.05, 0.1) is 5.56 Å². The molecule has 0 N–H and O–H groups in total. The molecule has 0 bridgehead atoms. The maximum absolute atomic E-state index is 15.2. The van der Waals surface area contributed by atoms with E-state index >= 15 is 4.39 Å². The summed E-state index contributed by atoms with van der Waals surface area (Å²) >= 11 is 3.10. The van der Waals surface area contributed by atoms with Crippen LogP contribution >= 0.6 is 15.9 Å². The fraction of sp³-hybridized carbons (Fsp3) is 0.125. The zero-order chi connectivity index (χ0) is 16.6. The van der Waals surface area contributed by atoms with Gasteiger partial charge in [0.2, 0.25) is 0 Å². The van der Waals surface area contributed by atoms with Crippen molar-refractivity contribution in [3.63, 3.8) is 0 Å². The number of epoxide rings is 1. The second kappa shape index (κ2) is 4.42. The number of alkyl halides is 1. The van der Waals surface area contributed by atoms with E-state index < -0.39 is 34.7 Å². The zero-order valence-electron chi connectivity index (χ0n) is 11.1. The molecular weight excluding hydrogens is 383 g/mol. The standard InChI is InChI=1S/C16H6BrF5O/c17-9-3-7-1-2-15(8-4-11(19)14(21)12(20)5-8)16(22,23-15)13(7)10(18)6-9/h1-6H. The van der Waals surface area contributed by atoms with Crippen molar-refractivity contribution < 1.29 is 26.7 Å². The molecule has 2 aromatic carbocycles. The third-order valence-corrected chi connectivity index (χ3v) is 4.51. The topological polar surface area (TPSA) is 12.5 Å². The first-order valence-corrected chi connectivity index (χ1v) is 7.31. The molecular formula is C16H6BrF5O. The summed E-state index contributed by atoms with van der Waals surface area (Å²) in [6.07, 6.45) is 2.64. The molecule has 0 spiro atoms. The van der Waals surface area contributed by atoms with Crippen molar-refractivity contribution in [2.75, 3.05) is 0 Å². The van der Waals surface area contributed by atoms with Gasteiger partial charge in [-0.3, -0.25) is 0 Å². The molecule has 1 aliphatic heterocycles. The van der Waals surface area contributed by atoms with E-state index in [9.17, 15) is 17.6 Å². The molecule has 2 aliphatic rings. The molecule has 0 saturated carbocycles. The zero-order valence-corrected chi connectivity index (χ0v) is 12.7. The predicted molar refractivity (Wildman–Crippen MR) is 75.0 cm³/mol. The van der Waals surface area contributed by atoms with Crippen molar-refractivity contribution in [3.8, 4) is 0 Å². The molecule has 2 atom stereocenters. The first-order valence-electron chi connectivity index (χ1n) is 6.51. The highest BCUT2D eigenvalue weighted by atomic mass is 79.9. The highest BCUT2D eigenvalue weighted by molar-refractivity contribution is 9.10. The van der Waals surface area contributed by atoms with Crippen molar-refractivity contribution in [1.29, 1.82) is 0 Å². The van der Waals surface area contributed by atoms with Crippen LogP contribution in [0.25, 0.3) is 6.08 Å². The molecule has 1 heterocycles. The number of benzene rings is 2. The minimum absolute atomic E-state index is 0.246. The second-order valence-electron chi connectivity index (χ2n) is 5.37. The lowest BCUT2D eigenvalue weighted by Crippen LogP contribution is -2.22. The normalized spacial score (nSPS) is 27.6. The summed E-state index contributed by atoms with van der Waals surface area (Å²) in [6.45, 7) is 0. The van der Waals surface area contributed by atoms with Gasteiger partial charge in [0.1, 0.15) is 5.82 Å². The Morgan fingerprint density at radius 1 is 0.913 bits per heavy atom. The fourth-order valence-electron chi connectivity index (χ4n) is 2.96. The molecule has 1 saturated heterocycles. The predicted octanol–water partition coefficient (Wildman–Crippen LogP) is 5.08. The first kappa shape index (κ1) is 14.8. The number of hydrogen-bond donors (Lipinski definition) is 0. The summed E-state index contributed by atoms with van der Waals surface area (Å²) in [7, 11) is 0. The number of rotatable bonds is 1. The Hall–Kier alpha value is -1.73. The summed E-state index contributed by atoms with van der Waals surface area (Å²) in [6, 6.07) is 3.85. The Balaban J connectivity index is 1.92. The van der Waals surface area contributed by atoms with E-state index in [0.29, 0.717) is 16.6 Å². The van der Waals surface area contributed by atoms with Gasteiger partial charge in [-0.15, -0.1) is 0 Å². The van der Waals surface area contributed by atoms with E-state index in [2.05, 4.69) is 15.9 Å². The lowest BCUT2D eigenvalue weighted by Gasteiger charge is -2.19. The second-order valence-corrected chi connectivity index (χ2v) is 6.29. The van der Waals surface area contributed by atoms with Crippen LogP contribution in [0.1, 0.15) is 16.7 Å². The van der Waals surface area contributed by atoms with Crippen molar-refractivity contribution >= 4 is 22.0 Å². The van der Waals surface area contributed by atoms with Crippen LogP contribution in [0.2, 0.25) is 0 Å². The SMILES string of the molecule is Fc1cc(C23C=Cc4cc(Br)cc(F)c4C2(F)O3)cc(F)c1F. The van der Waals surface area contributed by atoms with Gasteiger partial charge in [-0.05, 0) is 35.9 Å². The molecule has 4 rings (SSSR count). The van der Waals surface area contributed by atoms with Crippen molar-refractivity contribution in [2.24, 2.45) is 0 Å². The lowest BCUT2D eigenvalue weighted by atomic mass is 9.83. The Morgan fingerprint density at radius 2 is 1.57 bits per heavy atom. The maximum Gasteiger partial charge on any atom is 0.277 e. The van der Waals surface area contributed by atoms with Gasteiger partial charge >= 0.3 is 0 Å². The summed E-state index contributed by atoms with van der Waals surface area (Å²) in [4.78, 5) is 0. The first-order chi connectivity index (χ1) is 10.8. The quantitative estimate of drug-likeness (QED) is 0.377. The van der Waals surface area contributed by atoms with E-state index in [0.717, 1.165) is 6.07 Å². The monoisotopic (exact) mass is 388 g/mol. The summed E-state index contributed by atoms with van der Waals surface area (Å²) < 4.78 is 74.8. The fourth-order valence-corrected chi connectivity index (χ4v) is 3.40. The number of halogens is 6. The van der Waals surface area contributed by atoms with Crippen LogP contribution in [0.4, 0.5) is 22.0 Å². The third kappa shape index (κ3) is 1.80. The molecule has 0 radical (unpaired) electrons. The van der Waals surface area contributed by atoms with Gasteiger partial charge in [-0.1, -0.05) is 22.0 Å². The number of hydrogen-bond acceptors (Lipinski definition) is 1. The van der Waals surface area contributed by atoms with E-state index in [4.69, 9.17) is 4.74 Å². The van der Waals surface area contributed by atoms with Crippen LogP contribution in [0.5, 0.6) is 0 Å². The van der Waals surface area contributed by atoms with Gasteiger partial charge in [0, 0.05) is 10.0 Å². The van der Waals surface area contributed by atoms with Crippen LogP contribution in [0.15, 0.2) is 34.8 Å². The van der Waals surface area contributed by atoms with E-state index in [1.165, 1.54) is 18.2 Å². The van der Waals surface area contributed by atoms with Crippen LogP contribution in [-0.4, -0.2) is 0 Å². The van der Waals surface area contributed by atoms with Crippen molar-refractivity contribution in [3.05, 3.63) is 74.8 Å². The molecule has 2 aromatic rings. The van der Waals surface area contributed by atoms with Crippen LogP contribution < -0.4 is 0 Å². The minimum Gasteiger partial charge on any atom is -0.317 e. The average molecular weight is 389 g/mol. The Morgan fingerprint density at radius 3 is 2.22 bits per heavy atom. The van der Waals surface area contributed by atoms with Crippen LogP contribution in [-0.2, 0) is 16.2 Å². The molecule has 0 amide bonds. The van der Waals surface area contributed by atoms with Gasteiger partial charge in [0.15, 0.2) is 23.1 Å². The smallest absolute Gasteiger partial charge is 0.277 e. The van der Waals surface area contributed by atoms with Crippen LogP contribution in [0.3, 0.4) is 0 Å². The van der Waals surface area contributed by atoms with Gasteiger partial charge in [-0.25, -0.2) is 22.0 Å². The molecule has 1 fully saturated rings. The lowest BCUT2D eigenvalue weighted by molar-refractivity contribution is 0.136. The maximum atomic E-state index is 15.2. The van der Waals surface area contributed by atoms with Gasteiger partial charge < -0.3 is 4.74 Å². The van der Waals surface area contributed by atoms with E-state index in [1.54, 1.807) is 0 Å². The largest absolute Gasteiger partial charge is 0.317 e. The molecule has 2 unspecified atom stereocenters. The Kier molecular flexibility index (Phi) is 2.85. The molecule has 0 aromatic heterocycles. The van der Waals surface area contributed by atoms with Crippen molar-refractivity contribution in [1.82, 2.24) is 0 Å². The molecule has 7 heteroatoms. The summed E-state index contributed by atoms with van der Waals surface area (Å²) in [5, 5.41) is 0. The summed E-state index contributed by atoms with van der Waals surface area (Å²) in [5.74, 6) is -8.06. The van der Waals surface area contributed by atoms with Crippen molar-refractivity contribution in [2.45, 2.75) is 11.5 Å². The number of fused-ring (bicyclic) bond motifs is 3. The van der Waals surface area contributed by atoms with E-state index in [-0.39, 0.29) is 16.7 Å². The highest BCUT2D eigenvalue weighted by Gasteiger charge is 2.75. The molecule has 118 valence electrons. The third-order valence-electron chi connectivity index (χ3n) is 4.05. The molecule has 1 aliphatic carbocycles.